The van der Waals surface area contributed by atoms with Crippen LogP contribution in [-0.4, -0.2) is 14.3 Å². The molecule has 0 radical (unpaired) electrons. The molecule has 0 bridgehead atoms. The van der Waals surface area contributed by atoms with Crippen LogP contribution in [-0.2, 0) is 14.8 Å². The maximum absolute atomic E-state index is 12.5. The summed E-state index contributed by atoms with van der Waals surface area (Å²) in [6.07, 6.45) is 4.70. The number of ether oxygens (including phenoxy) is 1. The Morgan fingerprint density at radius 1 is 1.12 bits per heavy atom. The molecule has 0 aromatic heterocycles. The summed E-state index contributed by atoms with van der Waals surface area (Å²) in [5.41, 5.74) is 1.60. The van der Waals surface area contributed by atoms with E-state index in [0.29, 0.717) is 17.0 Å². The number of hydrogen-bond donors (Lipinski definition) is 2. The van der Waals surface area contributed by atoms with Gasteiger partial charge in [-0.3, -0.25) is 4.79 Å². The maximum Gasteiger partial charge on any atom is 0.255 e. The quantitative estimate of drug-likeness (QED) is 0.796. The molecule has 0 saturated heterocycles. The zero-order valence-electron chi connectivity index (χ0n) is 12.8. The monoisotopic (exact) mass is 420 g/mol. The van der Waals surface area contributed by atoms with Crippen molar-refractivity contribution in [3.63, 3.8) is 0 Å². The summed E-state index contributed by atoms with van der Waals surface area (Å²) in [6.45, 7) is 0. The van der Waals surface area contributed by atoms with Crippen LogP contribution in [0.25, 0.3) is 6.08 Å². The zero-order valence-corrected chi connectivity index (χ0v) is 15.2. The van der Waals surface area contributed by atoms with Crippen LogP contribution in [0.15, 0.2) is 69.7 Å². The topological polar surface area (TPSA) is 98.5 Å². The lowest BCUT2D eigenvalue weighted by Gasteiger charge is -2.07. The van der Waals surface area contributed by atoms with Crippen LogP contribution in [0, 0.1) is 0 Å². The molecule has 8 heteroatoms. The van der Waals surface area contributed by atoms with Crippen molar-refractivity contribution in [1.82, 2.24) is 0 Å². The Morgan fingerprint density at radius 3 is 2.52 bits per heavy atom. The van der Waals surface area contributed by atoms with Crippen molar-refractivity contribution in [2.45, 2.75) is 4.90 Å². The third kappa shape index (κ3) is 4.16. The average Bonchev–Trinajstić information content (AvgIpc) is 2.76. The van der Waals surface area contributed by atoms with E-state index >= 15 is 0 Å². The largest absolute Gasteiger partial charge is 0.464 e. The molecule has 128 valence electrons. The second-order valence-corrected chi connectivity index (χ2v) is 7.70. The second-order valence-electron chi connectivity index (χ2n) is 5.23. The van der Waals surface area contributed by atoms with Crippen molar-refractivity contribution in [2.24, 2.45) is 5.14 Å². The van der Waals surface area contributed by atoms with E-state index < -0.39 is 10.0 Å². The molecule has 1 aliphatic rings. The molecular weight excluding hydrogens is 408 g/mol. The zero-order chi connectivity index (χ0) is 18.0. The SMILES string of the molecule is NS(=O)(=O)c1ccc(NC(=O)C2=Cc3cc(Br)ccc3OC=C2)cc1. The molecule has 1 aliphatic heterocycles. The highest BCUT2D eigenvalue weighted by molar-refractivity contribution is 9.10. The molecule has 1 heterocycles. The van der Waals surface area contributed by atoms with Gasteiger partial charge in [0.1, 0.15) is 5.75 Å². The van der Waals surface area contributed by atoms with Gasteiger partial charge in [-0.15, -0.1) is 0 Å². The van der Waals surface area contributed by atoms with Gasteiger partial charge in [-0.2, -0.15) is 0 Å². The summed E-state index contributed by atoms with van der Waals surface area (Å²) in [5, 5.41) is 7.75. The molecule has 0 atom stereocenters. The van der Waals surface area contributed by atoms with Gasteiger partial charge in [-0.1, -0.05) is 15.9 Å². The lowest BCUT2D eigenvalue weighted by atomic mass is 10.1. The van der Waals surface area contributed by atoms with Crippen LogP contribution in [0.3, 0.4) is 0 Å². The number of carbonyl (C=O) groups is 1. The van der Waals surface area contributed by atoms with Crippen LogP contribution >= 0.6 is 15.9 Å². The molecule has 1 amide bonds. The summed E-state index contributed by atoms with van der Waals surface area (Å²) < 4.78 is 28.8. The maximum atomic E-state index is 12.5. The number of sulfonamides is 1. The van der Waals surface area contributed by atoms with Gasteiger partial charge in [0.25, 0.3) is 5.91 Å². The number of nitrogens with two attached hydrogens (primary N) is 1. The van der Waals surface area contributed by atoms with Crippen molar-refractivity contribution < 1.29 is 17.9 Å². The minimum absolute atomic E-state index is 0.0220. The van der Waals surface area contributed by atoms with E-state index in [-0.39, 0.29) is 10.8 Å². The number of halogens is 1. The molecule has 6 nitrogen and oxygen atoms in total. The van der Waals surface area contributed by atoms with Gasteiger partial charge in [0.15, 0.2) is 0 Å². The Balaban J connectivity index is 1.83. The van der Waals surface area contributed by atoms with Crippen molar-refractivity contribution in [3.8, 4) is 5.75 Å². The predicted octanol–water partition coefficient (Wildman–Crippen LogP) is 3.02. The first kappa shape index (κ1) is 17.4. The molecular formula is C17H13BrN2O4S. The first-order valence-corrected chi connectivity index (χ1v) is 9.45. The second kappa shape index (κ2) is 6.83. The van der Waals surface area contributed by atoms with Crippen LogP contribution in [0.2, 0.25) is 0 Å². The number of primary sulfonamides is 1. The highest BCUT2D eigenvalue weighted by atomic mass is 79.9. The molecule has 25 heavy (non-hydrogen) atoms. The number of fused-ring (bicyclic) bond motifs is 1. The summed E-state index contributed by atoms with van der Waals surface area (Å²) in [6, 6.07) is 11.1. The van der Waals surface area contributed by atoms with E-state index in [0.717, 1.165) is 10.0 Å². The summed E-state index contributed by atoms with van der Waals surface area (Å²) in [5.74, 6) is 0.288. The van der Waals surface area contributed by atoms with Crippen LogP contribution in [0.4, 0.5) is 5.69 Å². The Hall–Kier alpha value is -2.42. The Morgan fingerprint density at radius 2 is 1.84 bits per heavy atom. The molecule has 0 fully saturated rings. The number of amides is 1. The smallest absolute Gasteiger partial charge is 0.255 e. The number of nitrogens with one attached hydrogen (secondary N) is 1. The highest BCUT2D eigenvalue weighted by Crippen LogP contribution is 2.28. The molecule has 3 N–H and O–H groups in total. The van der Waals surface area contributed by atoms with Gasteiger partial charge >= 0.3 is 0 Å². The first-order valence-electron chi connectivity index (χ1n) is 7.11. The summed E-state index contributed by atoms with van der Waals surface area (Å²) in [7, 11) is -3.77. The summed E-state index contributed by atoms with van der Waals surface area (Å²) in [4.78, 5) is 12.4. The van der Waals surface area contributed by atoms with Crippen molar-refractivity contribution in [2.75, 3.05) is 5.32 Å². The normalized spacial score (nSPS) is 13.3. The van der Waals surface area contributed by atoms with E-state index in [4.69, 9.17) is 9.88 Å². The highest BCUT2D eigenvalue weighted by Gasteiger charge is 2.13. The molecule has 0 spiro atoms. The van der Waals surface area contributed by atoms with E-state index in [2.05, 4.69) is 21.2 Å². The van der Waals surface area contributed by atoms with Crippen LogP contribution < -0.4 is 15.2 Å². The van der Waals surface area contributed by atoms with E-state index in [1.54, 1.807) is 18.2 Å². The Labute approximate surface area is 153 Å². The minimum atomic E-state index is -3.77. The van der Waals surface area contributed by atoms with E-state index in [1.807, 2.05) is 12.1 Å². The van der Waals surface area contributed by atoms with Gasteiger partial charge in [0, 0.05) is 21.3 Å². The lowest BCUT2D eigenvalue weighted by Crippen LogP contribution is -2.14. The number of carbonyl (C=O) groups excluding carboxylic acids is 1. The van der Waals surface area contributed by atoms with Crippen LogP contribution in [0.5, 0.6) is 5.75 Å². The fourth-order valence-electron chi connectivity index (χ4n) is 2.21. The molecule has 0 unspecified atom stereocenters. The Kier molecular flexibility index (Phi) is 4.76. The predicted molar refractivity (Wildman–Crippen MR) is 98.3 cm³/mol. The fourth-order valence-corrected chi connectivity index (χ4v) is 3.10. The molecule has 3 rings (SSSR count). The van der Waals surface area contributed by atoms with E-state index in [9.17, 15) is 13.2 Å². The fraction of sp³-hybridized carbons (Fsp3) is 0. The van der Waals surface area contributed by atoms with Gasteiger partial charge < -0.3 is 10.1 Å². The number of anilines is 1. The van der Waals surface area contributed by atoms with Gasteiger partial charge in [-0.05, 0) is 54.6 Å². The Bertz CT molecular complexity index is 996. The van der Waals surface area contributed by atoms with Gasteiger partial charge in [0.05, 0.1) is 11.2 Å². The summed E-state index contributed by atoms with van der Waals surface area (Å²) >= 11 is 3.38. The first-order chi connectivity index (χ1) is 11.8. The number of benzene rings is 2. The van der Waals surface area contributed by atoms with Crippen molar-refractivity contribution in [1.29, 1.82) is 0 Å². The third-order valence-corrected chi connectivity index (χ3v) is 4.85. The van der Waals surface area contributed by atoms with E-state index in [1.165, 1.54) is 30.5 Å². The number of hydrogen-bond acceptors (Lipinski definition) is 4. The molecule has 2 aromatic carbocycles. The standard InChI is InChI=1S/C17H13BrN2O4S/c18-13-1-6-16-12(10-13)9-11(7-8-24-16)17(21)20-14-2-4-15(5-3-14)25(19,22)23/h1-10H,(H,20,21)(H2,19,22,23). The van der Waals surface area contributed by atoms with Gasteiger partial charge in [-0.25, -0.2) is 13.6 Å². The minimum Gasteiger partial charge on any atom is -0.464 e. The molecule has 2 aromatic rings. The van der Waals surface area contributed by atoms with Crippen LogP contribution in [0.1, 0.15) is 5.56 Å². The van der Waals surface area contributed by atoms with Crippen molar-refractivity contribution in [3.05, 3.63) is 70.4 Å². The van der Waals surface area contributed by atoms with Gasteiger partial charge in [0.2, 0.25) is 10.0 Å². The third-order valence-electron chi connectivity index (χ3n) is 3.43. The molecule has 0 aliphatic carbocycles. The lowest BCUT2D eigenvalue weighted by molar-refractivity contribution is -0.112. The average molecular weight is 421 g/mol. The number of rotatable bonds is 3. The molecule has 0 saturated carbocycles. The van der Waals surface area contributed by atoms with Crippen molar-refractivity contribution >= 4 is 43.6 Å².